The summed E-state index contributed by atoms with van der Waals surface area (Å²) in [7, 11) is 0. The number of amides is 2. The number of carbonyl (C=O) groups is 2. The summed E-state index contributed by atoms with van der Waals surface area (Å²) in [5.74, 6) is -0.321. The molecule has 2 aliphatic rings. The third kappa shape index (κ3) is 4.83. The molecule has 35 heavy (non-hydrogen) atoms. The van der Waals surface area contributed by atoms with Gasteiger partial charge in [-0.15, -0.1) is 0 Å². The summed E-state index contributed by atoms with van der Waals surface area (Å²) < 4.78 is 13.1. The van der Waals surface area contributed by atoms with E-state index in [0.29, 0.717) is 31.7 Å². The smallest absolute Gasteiger partial charge is 0.253 e. The molecule has 1 saturated heterocycles. The van der Waals surface area contributed by atoms with E-state index in [1.807, 2.05) is 42.2 Å². The summed E-state index contributed by atoms with van der Waals surface area (Å²) in [4.78, 5) is 31.7. The van der Waals surface area contributed by atoms with Crippen molar-refractivity contribution in [1.29, 1.82) is 0 Å². The third-order valence-corrected chi connectivity index (χ3v) is 6.74. The van der Waals surface area contributed by atoms with Crippen LogP contribution in [-0.4, -0.2) is 54.3 Å². The van der Waals surface area contributed by atoms with Gasteiger partial charge in [0.1, 0.15) is 5.82 Å². The number of hydrogen-bond acceptors (Lipinski definition) is 3. The van der Waals surface area contributed by atoms with Gasteiger partial charge in [-0.25, -0.2) is 4.39 Å². The van der Waals surface area contributed by atoms with E-state index in [0.717, 1.165) is 23.4 Å². The van der Waals surface area contributed by atoms with Gasteiger partial charge in [0.25, 0.3) is 5.91 Å². The van der Waals surface area contributed by atoms with Crippen molar-refractivity contribution in [3.05, 3.63) is 101 Å². The zero-order chi connectivity index (χ0) is 24.4. The van der Waals surface area contributed by atoms with E-state index < -0.39 is 0 Å². The van der Waals surface area contributed by atoms with Crippen LogP contribution in [0.15, 0.2) is 72.8 Å². The lowest BCUT2D eigenvalue weighted by atomic mass is 10.0. The quantitative estimate of drug-likeness (QED) is 0.550. The summed E-state index contributed by atoms with van der Waals surface area (Å²) in [6, 6.07) is 20.2. The van der Waals surface area contributed by atoms with Crippen molar-refractivity contribution in [3.63, 3.8) is 0 Å². The maximum absolute atomic E-state index is 13.2. The Labute approximate surface area is 205 Å². The molecule has 0 radical (unpaired) electrons. The van der Waals surface area contributed by atoms with Gasteiger partial charge >= 0.3 is 0 Å². The minimum Gasteiger partial charge on any atom is -0.339 e. The first kappa shape index (κ1) is 22.8. The van der Waals surface area contributed by atoms with Crippen LogP contribution in [0.25, 0.3) is 6.08 Å². The Hall–Kier alpha value is -3.93. The Bertz CT molecular complexity index is 1280. The highest BCUT2D eigenvalue weighted by atomic mass is 19.1. The number of benzene rings is 3. The molecule has 0 bridgehead atoms. The van der Waals surface area contributed by atoms with Gasteiger partial charge in [-0.3, -0.25) is 9.59 Å². The topological polar surface area (TPSA) is 43.9 Å². The van der Waals surface area contributed by atoms with Crippen molar-refractivity contribution in [1.82, 2.24) is 9.80 Å². The van der Waals surface area contributed by atoms with Gasteiger partial charge in [0, 0.05) is 49.7 Å². The Morgan fingerprint density at radius 2 is 1.57 bits per heavy atom. The van der Waals surface area contributed by atoms with Crippen LogP contribution in [0.1, 0.15) is 27.0 Å². The van der Waals surface area contributed by atoms with Crippen LogP contribution in [0.5, 0.6) is 0 Å². The first-order valence-corrected chi connectivity index (χ1v) is 11.9. The number of anilines is 2. The minimum atomic E-state index is -0.311. The van der Waals surface area contributed by atoms with E-state index in [1.54, 1.807) is 17.0 Å². The molecule has 5 rings (SSSR count). The lowest BCUT2D eigenvalue weighted by Crippen LogP contribution is -2.51. The number of aryl methyl sites for hydroxylation is 1. The number of halogens is 1. The molecule has 0 unspecified atom stereocenters. The zero-order valence-corrected chi connectivity index (χ0v) is 19.8. The summed E-state index contributed by atoms with van der Waals surface area (Å²) >= 11 is 0. The van der Waals surface area contributed by atoms with Gasteiger partial charge in [0.15, 0.2) is 0 Å². The van der Waals surface area contributed by atoms with Gasteiger partial charge in [-0.1, -0.05) is 42.5 Å². The van der Waals surface area contributed by atoms with E-state index in [4.69, 9.17) is 0 Å². The molecule has 2 heterocycles. The van der Waals surface area contributed by atoms with Crippen molar-refractivity contribution in [2.75, 3.05) is 37.6 Å². The van der Waals surface area contributed by atoms with Crippen molar-refractivity contribution < 1.29 is 14.0 Å². The number of rotatable bonds is 4. The van der Waals surface area contributed by atoms with Gasteiger partial charge < -0.3 is 14.7 Å². The zero-order valence-electron chi connectivity index (χ0n) is 19.8. The summed E-state index contributed by atoms with van der Waals surface area (Å²) in [5, 5.41) is 0. The van der Waals surface area contributed by atoms with E-state index >= 15 is 0 Å². The highest BCUT2D eigenvalue weighted by Gasteiger charge is 2.25. The van der Waals surface area contributed by atoms with Crippen LogP contribution in [-0.2, 0) is 11.2 Å². The first-order chi connectivity index (χ1) is 17.0. The molecule has 0 N–H and O–H groups in total. The van der Waals surface area contributed by atoms with E-state index in [-0.39, 0.29) is 24.1 Å². The lowest BCUT2D eigenvalue weighted by Gasteiger charge is -2.35. The van der Waals surface area contributed by atoms with Crippen molar-refractivity contribution in [3.8, 4) is 0 Å². The Balaban J connectivity index is 1.22. The molecule has 0 spiro atoms. The summed E-state index contributed by atoms with van der Waals surface area (Å²) in [6.45, 7) is 4.83. The highest BCUT2D eigenvalue weighted by molar-refractivity contribution is 5.95. The molecule has 2 amide bonds. The predicted molar refractivity (Wildman–Crippen MR) is 136 cm³/mol. The van der Waals surface area contributed by atoms with Crippen LogP contribution in [0.3, 0.4) is 0 Å². The maximum Gasteiger partial charge on any atom is 0.253 e. The molecule has 3 aromatic rings. The molecule has 1 fully saturated rings. The molecule has 178 valence electrons. The monoisotopic (exact) mass is 469 g/mol. The summed E-state index contributed by atoms with van der Waals surface area (Å²) in [5.41, 5.74) is 5.95. The Kier molecular flexibility index (Phi) is 6.36. The van der Waals surface area contributed by atoms with Crippen LogP contribution in [0.2, 0.25) is 0 Å². The molecule has 0 aliphatic carbocycles. The SMILES string of the molecule is Cc1cc(C(=O)N2CCN(C(=O)Cc3ccc(F)cc3)CC2)ccc1N1CC=Cc2ccccc21. The van der Waals surface area contributed by atoms with E-state index in [9.17, 15) is 14.0 Å². The van der Waals surface area contributed by atoms with Crippen molar-refractivity contribution in [2.45, 2.75) is 13.3 Å². The van der Waals surface area contributed by atoms with Crippen LogP contribution in [0, 0.1) is 12.7 Å². The molecule has 0 atom stereocenters. The predicted octanol–water partition coefficient (Wildman–Crippen LogP) is 4.83. The van der Waals surface area contributed by atoms with Crippen LogP contribution in [0.4, 0.5) is 15.8 Å². The second-order valence-electron chi connectivity index (χ2n) is 9.05. The molecule has 2 aliphatic heterocycles. The highest BCUT2D eigenvalue weighted by Crippen LogP contribution is 2.34. The van der Waals surface area contributed by atoms with Gasteiger partial charge in [-0.05, 0) is 60.0 Å². The Morgan fingerprint density at radius 3 is 2.31 bits per heavy atom. The average Bonchev–Trinajstić information content (AvgIpc) is 2.89. The largest absolute Gasteiger partial charge is 0.339 e. The maximum atomic E-state index is 13.2. The standard InChI is InChI=1S/C29H28FN3O2/c1-21-19-24(10-13-26(21)33-14-4-6-23-5-2-3-7-27(23)33)29(35)32-17-15-31(16-18-32)28(34)20-22-8-11-25(30)12-9-22/h2-13,19H,14-18,20H2,1H3. The molecular formula is C29H28FN3O2. The number of hydrogen-bond donors (Lipinski definition) is 0. The van der Waals surface area contributed by atoms with Crippen LogP contribution >= 0.6 is 0 Å². The second kappa shape index (κ2) is 9.74. The summed E-state index contributed by atoms with van der Waals surface area (Å²) in [6.07, 6.45) is 4.53. The molecule has 6 heteroatoms. The number of piperazine rings is 1. The fourth-order valence-electron chi connectivity index (χ4n) is 4.81. The fraction of sp³-hybridized carbons (Fsp3) is 0.241. The fourth-order valence-corrected chi connectivity index (χ4v) is 4.81. The van der Waals surface area contributed by atoms with Gasteiger partial charge in [0.05, 0.1) is 6.42 Å². The van der Waals surface area contributed by atoms with Gasteiger partial charge in [-0.2, -0.15) is 0 Å². The normalized spacial score (nSPS) is 15.2. The number of para-hydroxylation sites is 1. The van der Waals surface area contributed by atoms with Crippen LogP contribution < -0.4 is 4.90 Å². The molecule has 3 aromatic carbocycles. The lowest BCUT2D eigenvalue weighted by molar-refractivity contribution is -0.131. The molecule has 0 saturated carbocycles. The van der Waals surface area contributed by atoms with E-state index in [1.165, 1.54) is 23.4 Å². The number of carbonyl (C=O) groups excluding carboxylic acids is 2. The number of nitrogens with zero attached hydrogens (tertiary/aromatic N) is 3. The van der Waals surface area contributed by atoms with Crippen molar-refractivity contribution >= 4 is 29.3 Å². The number of fused-ring (bicyclic) bond motifs is 1. The van der Waals surface area contributed by atoms with Crippen molar-refractivity contribution in [2.24, 2.45) is 0 Å². The molecule has 0 aromatic heterocycles. The average molecular weight is 470 g/mol. The molecular weight excluding hydrogens is 441 g/mol. The third-order valence-electron chi connectivity index (χ3n) is 6.74. The van der Waals surface area contributed by atoms with E-state index in [2.05, 4.69) is 29.2 Å². The van der Waals surface area contributed by atoms with Gasteiger partial charge in [0.2, 0.25) is 5.91 Å². The molecule has 5 nitrogen and oxygen atoms in total. The Morgan fingerprint density at radius 1 is 0.857 bits per heavy atom. The first-order valence-electron chi connectivity index (χ1n) is 11.9. The second-order valence-corrected chi connectivity index (χ2v) is 9.05. The minimum absolute atomic E-state index is 0.000216.